The Balaban J connectivity index is 1.64. The molecule has 5 heteroatoms. The fraction of sp³-hybridized carbons (Fsp3) is 0.333. The average Bonchev–Trinajstić information content (AvgIpc) is 2.61. The highest BCUT2D eigenvalue weighted by Crippen LogP contribution is 2.33. The van der Waals surface area contributed by atoms with Crippen molar-refractivity contribution in [3.63, 3.8) is 0 Å². The highest BCUT2D eigenvalue weighted by Gasteiger charge is 2.27. The topological polar surface area (TPSA) is 71.2 Å². The predicted octanol–water partition coefficient (Wildman–Crippen LogP) is 2.27. The lowest BCUT2D eigenvalue weighted by atomic mass is 9.89. The van der Waals surface area contributed by atoms with E-state index >= 15 is 0 Å². The molecule has 23 heavy (non-hydrogen) atoms. The minimum atomic E-state index is -0.216. The minimum Gasteiger partial charge on any atom is -0.373 e. The van der Waals surface area contributed by atoms with Gasteiger partial charge in [0.05, 0.1) is 11.7 Å². The van der Waals surface area contributed by atoms with E-state index in [1.54, 1.807) is 0 Å². The van der Waals surface area contributed by atoms with E-state index in [9.17, 15) is 9.59 Å². The molecule has 1 aromatic heterocycles. The Morgan fingerprint density at radius 3 is 2.78 bits per heavy atom. The lowest BCUT2D eigenvalue weighted by molar-refractivity contribution is -0.0272. The summed E-state index contributed by atoms with van der Waals surface area (Å²) in [4.78, 5) is 25.7. The molecule has 5 nitrogen and oxygen atoms in total. The molecule has 0 saturated carbocycles. The van der Waals surface area contributed by atoms with Crippen molar-refractivity contribution in [2.75, 3.05) is 13.2 Å². The van der Waals surface area contributed by atoms with Gasteiger partial charge in [-0.05, 0) is 24.5 Å². The summed E-state index contributed by atoms with van der Waals surface area (Å²) in [5, 5.41) is 2.95. The van der Waals surface area contributed by atoms with Crippen molar-refractivity contribution < 1.29 is 9.53 Å². The van der Waals surface area contributed by atoms with Crippen molar-refractivity contribution >= 4 is 5.91 Å². The van der Waals surface area contributed by atoms with Crippen molar-refractivity contribution in [3.8, 4) is 0 Å². The molecule has 1 aliphatic heterocycles. The lowest BCUT2D eigenvalue weighted by Gasteiger charge is -2.32. The van der Waals surface area contributed by atoms with E-state index in [2.05, 4.69) is 22.4 Å². The molecule has 0 unspecified atom stereocenters. The smallest absolute Gasteiger partial charge is 0.252 e. The van der Waals surface area contributed by atoms with Crippen molar-refractivity contribution in [3.05, 3.63) is 70.1 Å². The maximum absolute atomic E-state index is 12.2. The summed E-state index contributed by atoms with van der Waals surface area (Å²) in [5.41, 5.74) is 1.39. The number of rotatable bonds is 4. The maximum atomic E-state index is 12.2. The Labute approximate surface area is 134 Å². The molecule has 1 fully saturated rings. The molecule has 3 rings (SSSR count). The van der Waals surface area contributed by atoms with Gasteiger partial charge in [-0.25, -0.2) is 0 Å². The van der Waals surface area contributed by atoms with Gasteiger partial charge in [-0.2, -0.15) is 0 Å². The molecular formula is C18H20N2O3. The Hall–Kier alpha value is -2.40. The number of aromatic amines is 1. The normalized spacial score (nSPS) is 20.9. The maximum Gasteiger partial charge on any atom is 0.252 e. The molecule has 0 bridgehead atoms. The van der Waals surface area contributed by atoms with Gasteiger partial charge in [-0.1, -0.05) is 30.3 Å². The predicted molar refractivity (Wildman–Crippen MR) is 87.3 cm³/mol. The lowest BCUT2D eigenvalue weighted by Crippen LogP contribution is -2.35. The van der Waals surface area contributed by atoms with Gasteiger partial charge in [0.25, 0.3) is 5.91 Å². The summed E-state index contributed by atoms with van der Waals surface area (Å²) in [5.74, 6) is 0.0662. The molecule has 2 atom stereocenters. The summed E-state index contributed by atoms with van der Waals surface area (Å²) in [6.07, 6.45) is 3.47. The zero-order chi connectivity index (χ0) is 16.1. The quantitative estimate of drug-likeness (QED) is 0.910. The number of aromatic nitrogens is 1. The average molecular weight is 312 g/mol. The van der Waals surface area contributed by atoms with Crippen LogP contribution in [0, 0.1) is 5.92 Å². The van der Waals surface area contributed by atoms with Gasteiger partial charge in [0.1, 0.15) is 0 Å². The van der Waals surface area contributed by atoms with Crippen molar-refractivity contribution in [2.24, 2.45) is 5.92 Å². The number of benzene rings is 1. The van der Waals surface area contributed by atoms with Gasteiger partial charge in [-0.3, -0.25) is 9.59 Å². The summed E-state index contributed by atoms with van der Waals surface area (Å²) < 4.78 is 5.93. The highest BCUT2D eigenvalue weighted by atomic mass is 16.5. The van der Waals surface area contributed by atoms with Crippen LogP contribution in [0.1, 0.15) is 34.9 Å². The number of carbonyl (C=O) groups is 1. The van der Waals surface area contributed by atoms with Crippen LogP contribution < -0.4 is 10.9 Å². The van der Waals surface area contributed by atoms with Crippen LogP contribution in [0.5, 0.6) is 0 Å². The summed E-state index contributed by atoms with van der Waals surface area (Å²) in [6.45, 7) is 1.31. The van der Waals surface area contributed by atoms with Crippen LogP contribution in [-0.4, -0.2) is 24.0 Å². The van der Waals surface area contributed by atoms with E-state index in [4.69, 9.17) is 4.74 Å². The first-order valence-corrected chi connectivity index (χ1v) is 7.87. The summed E-state index contributed by atoms with van der Waals surface area (Å²) in [7, 11) is 0. The molecule has 1 aromatic carbocycles. The van der Waals surface area contributed by atoms with Crippen molar-refractivity contribution in [1.29, 1.82) is 0 Å². The molecule has 1 amide bonds. The number of amides is 1. The highest BCUT2D eigenvalue weighted by molar-refractivity contribution is 5.93. The number of carbonyl (C=O) groups excluding carboxylic acids is 1. The van der Waals surface area contributed by atoms with Crippen LogP contribution in [0.25, 0.3) is 0 Å². The van der Waals surface area contributed by atoms with Gasteiger partial charge < -0.3 is 15.0 Å². The van der Waals surface area contributed by atoms with Gasteiger partial charge in [0.15, 0.2) is 0 Å². The number of pyridine rings is 1. The molecule has 2 heterocycles. The molecular weight excluding hydrogens is 292 g/mol. The zero-order valence-electron chi connectivity index (χ0n) is 12.8. The molecule has 0 radical (unpaired) electrons. The third kappa shape index (κ3) is 3.87. The fourth-order valence-electron chi connectivity index (χ4n) is 2.94. The molecule has 1 aliphatic rings. The van der Waals surface area contributed by atoms with E-state index in [1.165, 1.54) is 18.3 Å². The van der Waals surface area contributed by atoms with Gasteiger partial charge in [-0.15, -0.1) is 0 Å². The SMILES string of the molecule is O=C(NC[C@H]1CCCO[C@@H]1c1ccccc1)c1ccc(=O)[nH]c1. The van der Waals surface area contributed by atoms with Crippen molar-refractivity contribution in [2.45, 2.75) is 18.9 Å². The zero-order valence-corrected chi connectivity index (χ0v) is 12.8. The molecule has 0 aliphatic carbocycles. The van der Waals surface area contributed by atoms with Crippen LogP contribution in [0.2, 0.25) is 0 Å². The molecule has 2 aromatic rings. The number of hydrogen-bond acceptors (Lipinski definition) is 3. The molecule has 0 spiro atoms. The third-order valence-corrected chi connectivity index (χ3v) is 4.14. The van der Waals surface area contributed by atoms with Crippen LogP contribution in [0.3, 0.4) is 0 Å². The van der Waals surface area contributed by atoms with Gasteiger partial charge in [0, 0.05) is 31.3 Å². The Morgan fingerprint density at radius 2 is 2.04 bits per heavy atom. The molecule has 120 valence electrons. The van der Waals surface area contributed by atoms with Crippen LogP contribution >= 0.6 is 0 Å². The number of hydrogen-bond donors (Lipinski definition) is 2. The molecule has 1 saturated heterocycles. The number of nitrogens with one attached hydrogen (secondary N) is 2. The number of H-pyrrole nitrogens is 1. The van der Waals surface area contributed by atoms with E-state index in [-0.39, 0.29) is 23.5 Å². The first kappa shape index (κ1) is 15.5. The summed E-state index contributed by atoms with van der Waals surface area (Å²) in [6, 6.07) is 13.0. The second-order valence-electron chi connectivity index (χ2n) is 5.76. The van der Waals surface area contributed by atoms with E-state index in [1.807, 2.05) is 18.2 Å². The second kappa shape index (κ2) is 7.24. The first-order chi connectivity index (χ1) is 11.2. The van der Waals surface area contributed by atoms with Gasteiger partial charge >= 0.3 is 0 Å². The van der Waals surface area contributed by atoms with Gasteiger partial charge in [0.2, 0.25) is 5.56 Å². The van der Waals surface area contributed by atoms with E-state index in [0.29, 0.717) is 12.1 Å². The van der Waals surface area contributed by atoms with E-state index in [0.717, 1.165) is 25.0 Å². The number of ether oxygens (including phenoxy) is 1. The van der Waals surface area contributed by atoms with Crippen molar-refractivity contribution in [1.82, 2.24) is 10.3 Å². The second-order valence-corrected chi connectivity index (χ2v) is 5.76. The van der Waals surface area contributed by atoms with Crippen LogP contribution in [0.4, 0.5) is 0 Å². The first-order valence-electron chi connectivity index (χ1n) is 7.87. The minimum absolute atomic E-state index is 0.0147. The Kier molecular flexibility index (Phi) is 4.88. The van der Waals surface area contributed by atoms with E-state index < -0.39 is 0 Å². The third-order valence-electron chi connectivity index (χ3n) is 4.14. The fourth-order valence-corrected chi connectivity index (χ4v) is 2.94. The molecule has 2 N–H and O–H groups in total. The summed E-state index contributed by atoms with van der Waals surface area (Å²) >= 11 is 0. The monoisotopic (exact) mass is 312 g/mol. The Bertz CT molecular complexity index is 691. The standard InChI is InChI=1S/C18H20N2O3/c21-16-9-8-15(12-19-16)18(22)20-11-14-7-4-10-23-17(14)13-5-2-1-3-6-13/h1-3,5-6,8-9,12,14,17H,4,7,10-11H2,(H,19,21)(H,20,22)/t14-,17-/m1/s1. The largest absolute Gasteiger partial charge is 0.373 e. The van der Waals surface area contributed by atoms with Crippen LogP contribution in [0.15, 0.2) is 53.5 Å². The Morgan fingerprint density at radius 1 is 1.22 bits per heavy atom. The van der Waals surface area contributed by atoms with Crippen LogP contribution in [-0.2, 0) is 4.74 Å².